The quantitative estimate of drug-likeness (QED) is 0.641. The van der Waals surface area contributed by atoms with E-state index in [1.807, 2.05) is 0 Å². The summed E-state index contributed by atoms with van der Waals surface area (Å²) >= 11 is 0. The van der Waals surface area contributed by atoms with Gasteiger partial charge in [-0.25, -0.2) is 0 Å². The van der Waals surface area contributed by atoms with E-state index in [-0.39, 0.29) is 18.9 Å². The summed E-state index contributed by atoms with van der Waals surface area (Å²) in [5, 5.41) is 29.5. The first kappa shape index (κ1) is 14.4. The largest absolute Gasteiger partial charge is 0.393 e. The summed E-state index contributed by atoms with van der Waals surface area (Å²) in [5.41, 5.74) is -0.334. The van der Waals surface area contributed by atoms with Crippen molar-refractivity contribution in [3.05, 3.63) is 39.9 Å². The molecular weight excluding hydrogens is 262 g/mol. The monoisotopic (exact) mass is 277 g/mol. The van der Waals surface area contributed by atoms with Crippen LogP contribution in [0, 0.1) is 21.4 Å². The van der Waals surface area contributed by atoms with Crippen LogP contribution in [0.25, 0.3) is 0 Å². The molecule has 1 saturated heterocycles. The highest BCUT2D eigenvalue weighted by Crippen LogP contribution is 2.23. The number of nitro groups is 1. The van der Waals surface area contributed by atoms with Crippen molar-refractivity contribution in [1.29, 1.82) is 5.26 Å². The van der Waals surface area contributed by atoms with Gasteiger partial charge in [0, 0.05) is 25.2 Å². The molecule has 0 aliphatic carbocycles. The molecular formula is C13H15N3O4. The van der Waals surface area contributed by atoms with Crippen LogP contribution in [-0.4, -0.2) is 46.8 Å². The summed E-state index contributed by atoms with van der Waals surface area (Å²) in [6.45, 7) is 1.13. The molecule has 106 valence electrons. The standard InChI is InChI=1S/C13H15N3O4/c14-8-13(9-17)10-20-5-4-15(13)7-11-2-1-3-12(6-11)16(18)19/h1-3,6,17H,4-5,7,9-10H2/t13-/m0/s1. The smallest absolute Gasteiger partial charge is 0.269 e. The molecule has 0 unspecified atom stereocenters. The van der Waals surface area contributed by atoms with Gasteiger partial charge in [-0.05, 0) is 5.56 Å². The number of aliphatic hydroxyl groups excluding tert-OH is 1. The van der Waals surface area contributed by atoms with Crippen LogP contribution < -0.4 is 0 Å². The first-order valence-corrected chi connectivity index (χ1v) is 6.19. The van der Waals surface area contributed by atoms with E-state index < -0.39 is 10.5 Å². The van der Waals surface area contributed by atoms with E-state index in [4.69, 9.17) is 4.74 Å². The number of nitrogens with zero attached hydrogens (tertiary/aromatic N) is 3. The van der Waals surface area contributed by atoms with E-state index >= 15 is 0 Å². The Morgan fingerprint density at radius 3 is 3.05 bits per heavy atom. The molecule has 0 aromatic heterocycles. The number of morpholine rings is 1. The lowest BCUT2D eigenvalue weighted by molar-refractivity contribution is -0.384. The summed E-state index contributed by atoms with van der Waals surface area (Å²) in [6.07, 6.45) is 0. The van der Waals surface area contributed by atoms with Gasteiger partial charge in [-0.15, -0.1) is 0 Å². The fourth-order valence-electron chi connectivity index (χ4n) is 2.22. The fraction of sp³-hybridized carbons (Fsp3) is 0.462. The molecule has 0 radical (unpaired) electrons. The molecule has 2 rings (SSSR count). The number of aliphatic hydroxyl groups is 1. The van der Waals surface area contributed by atoms with Crippen molar-refractivity contribution in [2.75, 3.05) is 26.4 Å². The molecule has 1 fully saturated rings. The van der Waals surface area contributed by atoms with Gasteiger partial charge in [-0.3, -0.25) is 15.0 Å². The molecule has 1 aromatic rings. The minimum atomic E-state index is -1.08. The maximum Gasteiger partial charge on any atom is 0.269 e. The van der Waals surface area contributed by atoms with Gasteiger partial charge in [0.05, 0.1) is 30.8 Å². The topological polar surface area (TPSA) is 99.6 Å². The maximum absolute atomic E-state index is 10.8. The van der Waals surface area contributed by atoms with E-state index in [2.05, 4.69) is 6.07 Å². The van der Waals surface area contributed by atoms with Crippen molar-refractivity contribution in [3.63, 3.8) is 0 Å². The number of hydrogen-bond acceptors (Lipinski definition) is 6. The van der Waals surface area contributed by atoms with Crippen LogP contribution in [0.3, 0.4) is 0 Å². The van der Waals surface area contributed by atoms with Crippen molar-refractivity contribution in [2.45, 2.75) is 12.1 Å². The number of non-ortho nitro benzene ring substituents is 1. The fourth-order valence-corrected chi connectivity index (χ4v) is 2.22. The van der Waals surface area contributed by atoms with Crippen LogP contribution in [0.4, 0.5) is 5.69 Å². The number of rotatable bonds is 4. The molecule has 1 N–H and O–H groups in total. The SMILES string of the molecule is N#C[C@]1(CO)COCCN1Cc1cccc([N+](=O)[O-])c1. The zero-order valence-corrected chi connectivity index (χ0v) is 10.9. The van der Waals surface area contributed by atoms with Gasteiger partial charge in [-0.1, -0.05) is 12.1 Å². The summed E-state index contributed by atoms with van der Waals surface area (Å²) in [7, 11) is 0. The van der Waals surface area contributed by atoms with Gasteiger partial charge in [0.25, 0.3) is 5.69 Å². The van der Waals surface area contributed by atoms with Crippen molar-refractivity contribution in [2.24, 2.45) is 0 Å². The number of benzene rings is 1. The second-order valence-electron chi connectivity index (χ2n) is 4.70. The Labute approximate surface area is 116 Å². The van der Waals surface area contributed by atoms with Crippen LogP contribution >= 0.6 is 0 Å². The zero-order valence-electron chi connectivity index (χ0n) is 10.9. The molecule has 7 nitrogen and oxygen atoms in total. The van der Waals surface area contributed by atoms with Crippen LogP contribution in [0.15, 0.2) is 24.3 Å². The number of ether oxygens (including phenoxy) is 1. The molecule has 7 heteroatoms. The van der Waals surface area contributed by atoms with Gasteiger partial charge >= 0.3 is 0 Å². The Morgan fingerprint density at radius 1 is 1.60 bits per heavy atom. The minimum absolute atomic E-state index is 0.0160. The van der Waals surface area contributed by atoms with Gasteiger partial charge in [0.15, 0.2) is 5.54 Å². The average Bonchev–Trinajstić information content (AvgIpc) is 2.48. The Balaban J connectivity index is 2.21. The normalized spacial score (nSPS) is 23.2. The van der Waals surface area contributed by atoms with Crippen molar-refractivity contribution in [1.82, 2.24) is 4.90 Å². The zero-order chi connectivity index (χ0) is 14.6. The second kappa shape index (κ2) is 5.96. The average molecular weight is 277 g/mol. The van der Waals surface area contributed by atoms with Crippen LogP contribution in [0.5, 0.6) is 0 Å². The number of nitro benzene ring substituents is 1. The van der Waals surface area contributed by atoms with Gasteiger partial charge in [-0.2, -0.15) is 5.26 Å². The van der Waals surface area contributed by atoms with Gasteiger partial charge in [0.2, 0.25) is 0 Å². The predicted octanol–water partition coefficient (Wildman–Crippen LogP) is 0.682. The number of hydrogen-bond donors (Lipinski definition) is 1. The summed E-state index contributed by atoms with van der Waals surface area (Å²) in [6, 6.07) is 8.37. The van der Waals surface area contributed by atoms with E-state index in [0.717, 1.165) is 5.56 Å². The summed E-state index contributed by atoms with van der Waals surface area (Å²) in [4.78, 5) is 12.1. The highest BCUT2D eigenvalue weighted by atomic mass is 16.6. The summed E-state index contributed by atoms with van der Waals surface area (Å²) in [5.74, 6) is 0. The Kier molecular flexibility index (Phi) is 4.29. The molecule has 1 heterocycles. The highest BCUT2D eigenvalue weighted by Gasteiger charge is 2.39. The lowest BCUT2D eigenvalue weighted by Gasteiger charge is -2.40. The lowest BCUT2D eigenvalue weighted by atomic mass is 9.99. The Bertz CT molecular complexity index is 543. The van der Waals surface area contributed by atoms with Crippen LogP contribution in [0.1, 0.15) is 5.56 Å². The molecule has 1 atom stereocenters. The van der Waals surface area contributed by atoms with Gasteiger partial charge < -0.3 is 9.84 Å². The molecule has 20 heavy (non-hydrogen) atoms. The Hall–Kier alpha value is -2.01. The van der Waals surface area contributed by atoms with E-state index in [0.29, 0.717) is 19.7 Å². The van der Waals surface area contributed by atoms with Crippen LogP contribution in [-0.2, 0) is 11.3 Å². The van der Waals surface area contributed by atoms with E-state index in [9.17, 15) is 20.5 Å². The van der Waals surface area contributed by atoms with E-state index in [1.165, 1.54) is 12.1 Å². The predicted molar refractivity (Wildman–Crippen MR) is 69.8 cm³/mol. The molecule has 0 saturated carbocycles. The van der Waals surface area contributed by atoms with E-state index in [1.54, 1.807) is 17.0 Å². The Morgan fingerprint density at radius 2 is 2.40 bits per heavy atom. The number of nitriles is 1. The third-order valence-electron chi connectivity index (χ3n) is 3.42. The third kappa shape index (κ3) is 2.77. The lowest BCUT2D eigenvalue weighted by Crippen LogP contribution is -2.57. The molecule has 1 aliphatic heterocycles. The summed E-state index contributed by atoms with van der Waals surface area (Å²) < 4.78 is 5.26. The van der Waals surface area contributed by atoms with Crippen LogP contribution in [0.2, 0.25) is 0 Å². The molecule has 1 aromatic carbocycles. The first-order chi connectivity index (χ1) is 9.61. The highest BCUT2D eigenvalue weighted by molar-refractivity contribution is 5.34. The molecule has 1 aliphatic rings. The second-order valence-corrected chi connectivity index (χ2v) is 4.70. The third-order valence-corrected chi connectivity index (χ3v) is 3.42. The minimum Gasteiger partial charge on any atom is -0.393 e. The molecule has 0 spiro atoms. The van der Waals surface area contributed by atoms with Gasteiger partial charge in [0.1, 0.15) is 0 Å². The van der Waals surface area contributed by atoms with Crippen molar-refractivity contribution in [3.8, 4) is 6.07 Å². The molecule has 0 bridgehead atoms. The van der Waals surface area contributed by atoms with Crippen molar-refractivity contribution >= 4 is 5.69 Å². The first-order valence-electron chi connectivity index (χ1n) is 6.19. The van der Waals surface area contributed by atoms with Crippen molar-refractivity contribution < 1.29 is 14.8 Å². The maximum atomic E-state index is 10.8. The molecule has 0 amide bonds.